The molecular weight excluding hydrogens is 266 g/mol. The zero-order chi connectivity index (χ0) is 14.8. The van der Waals surface area contributed by atoms with Crippen LogP contribution in [0.5, 0.6) is 5.75 Å². The van der Waals surface area contributed by atoms with E-state index in [0.29, 0.717) is 6.54 Å². The van der Waals surface area contributed by atoms with Crippen LogP contribution >= 0.6 is 0 Å². The lowest BCUT2D eigenvalue weighted by Gasteiger charge is -2.12. The number of nitrogens with zero attached hydrogens (tertiary/aromatic N) is 4. The van der Waals surface area contributed by atoms with Gasteiger partial charge in [0.2, 0.25) is 0 Å². The molecule has 0 spiro atoms. The van der Waals surface area contributed by atoms with Gasteiger partial charge in [0.05, 0.1) is 13.7 Å². The number of rotatable bonds is 4. The lowest BCUT2D eigenvalue weighted by molar-refractivity contribution is 0.419. The molecule has 0 bridgehead atoms. The van der Waals surface area contributed by atoms with Gasteiger partial charge in [0.15, 0.2) is 0 Å². The molecule has 21 heavy (non-hydrogen) atoms. The monoisotopic (exact) mass is 283 g/mol. The number of aryl methyl sites for hydroxylation is 2. The maximum atomic E-state index is 5.39. The summed E-state index contributed by atoms with van der Waals surface area (Å²) in [5.41, 5.74) is 2.81. The average Bonchev–Trinajstić information content (AvgIpc) is 2.89. The molecule has 1 N–H and O–H groups in total. The second-order valence-corrected chi connectivity index (χ2v) is 4.82. The summed E-state index contributed by atoms with van der Waals surface area (Å²) in [6, 6.07) is 7.94. The second kappa shape index (κ2) is 5.40. The molecule has 0 fully saturated rings. The van der Waals surface area contributed by atoms with Gasteiger partial charge in [-0.15, -0.1) is 0 Å². The third-order valence-electron chi connectivity index (χ3n) is 3.39. The van der Waals surface area contributed by atoms with E-state index in [0.717, 1.165) is 33.9 Å². The zero-order valence-corrected chi connectivity index (χ0v) is 12.3. The molecule has 6 heteroatoms. The van der Waals surface area contributed by atoms with Crippen LogP contribution in [-0.4, -0.2) is 26.9 Å². The SMILES string of the molecule is COc1cccc2c(NCc3ncnn3C)cc(C)nc12. The molecule has 2 heterocycles. The van der Waals surface area contributed by atoms with Crippen LogP contribution in [0.4, 0.5) is 5.69 Å². The standard InChI is InChI=1S/C15H17N5O/c1-10-7-12(16-8-14-17-9-18-20(14)2)11-5-4-6-13(21-3)15(11)19-10/h4-7,9H,8H2,1-3H3,(H,16,19). The highest BCUT2D eigenvalue weighted by atomic mass is 16.5. The Hall–Kier alpha value is -2.63. The molecule has 3 aromatic rings. The molecule has 0 saturated heterocycles. The summed E-state index contributed by atoms with van der Waals surface area (Å²) in [4.78, 5) is 8.79. The van der Waals surface area contributed by atoms with Crippen molar-refractivity contribution in [3.05, 3.63) is 42.1 Å². The highest BCUT2D eigenvalue weighted by Crippen LogP contribution is 2.29. The molecule has 0 unspecified atom stereocenters. The first-order valence-corrected chi connectivity index (χ1v) is 6.70. The number of fused-ring (bicyclic) bond motifs is 1. The van der Waals surface area contributed by atoms with Crippen molar-refractivity contribution in [3.63, 3.8) is 0 Å². The van der Waals surface area contributed by atoms with Crippen LogP contribution in [0, 0.1) is 6.92 Å². The fourth-order valence-corrected chi connectivity index (χ4v) is 2.32. The van der Waals surface area contributed by atoms with E-state index in [9.17, 15) is 0 Å². The van der Waals surface area contributed by atoms with Gasteiger partial charge < -0.3 is 10.1 Å². The molecule has 108 valence electrons. The molecule has 0 radical (unpaired) electrons. The first-order valence-electron chi connectivity index (χ1n) is 6.70. The molecule has 0 amide bonds. The van der Waals surface area contributed by atoms with Crippen LogP contribution in [0.25, 0.3) is 10.9 Å². The van der Waals surface area contributed by atoms with E-state index in [1.807, 2.05) is 38.2 Å². The van der Waals surface area contributed by atoms with Crippen molar-refractivity contribution in [3.8, 4) is 5.75 Å². The summed E-state index contributed by atoms with van der Waals surface area (Å²) in [5.74, 6) is 1.65. The van der Waals surface area contributed by atoms with Crippen LogP contribution in [0.15, 0.2) is 30.6 Å². The quantitative estimate of drug-likeness (QED) is 0.796. The number of anilines is 1. The molecule has 1 aromatic carbocycles. The zero-order valence-electron chi connectivity index (χ0n) is 12.3. The van der Waals surface area contributed by atoms with Crippen LogP contribution in [-0.2, 0) is 13.6 Å². The fourth-order valence-electron chi connectivity index (χ4n) is 2.32. The van der Waals surface area contributed by atoms with Gasteiger partial charge in [-0.2, -0.15) is 5.10 Å². The second-order valence-electron chi connectivity index (χ2n) is 4.82. The molecule has 3 rings (SSSR count). The Labute approximate surface area is 122 Å². The highest BCUT2D eigenvalue weighted by Gasteiger charge is 2.09. The van der Waals surface area contributed by atoms with Crippen molar-refractivity contribution < 1.29 is 4.74 Å². The predicted molar refractivity (Wildman–Crippen MR) is 81.4 cm³/mol. The maximum absolute atomic E-state index is 5.39. The Morgan fingerprint density at radius 3 is 2.90 bits per heavy atom. The van der Waals surface area contributed by atoms with Crippen molar-refractivity contribution in [2.75, 3.05) is 12.4 Å². The molecule has 0 saturated carbocycles. The average molecular weight is 283 g/mol. The van der Waals surface area contributed by atoms with Gasteiger partial charge in [0.25, 0.3) is 0 Å². The molecule has 0 aliphatic carbocycles. The summed E-state index contributed by atoms with van der Waals surface area (Å²) in [6.45, 7) is 2.58. The third-order valence-corrected chi connectivity index (χ3v) is 3.39. The first kappa shape index (κ1) is 13.4. The minimum absolute atomic E-state index is 0.603. The van der Waals surface area contributed by atoms with Crippen molar-refractivity contribution in [2.45, 2.75) is 13.5 Å². The number of ether oxygens (including phenoxy) is 1. The minimum atomic E-state index is 0.603. The molecule has 0 aliphatic heterocycles. The molecular formula is C15H17N5O. The third kappa shape index (κ3) is 2.52. The van der Waals surface area contributed by atoms with Gasteiger partial charge >= 0.3 is 0 Å². The lowest BCUT2D eigenvalue weighted by atomic mass is 10.1. The van der Waals surface area contributed by atoms with E-state index in [2.05, 4.69) is 20.4 Å². The summed E-state index contributed by atoms with van der Waals surface area (Å²) in [6.07, 6.45) is 1.55. The molecule has 0 atom stereocenters. The summed E-state index contributed by atoms with van der Waals surface area (Å²) < 4.78 is 7.14. The van der Waals surface area contributed by atoms with Crippen LogP contribution in [0.3, 0.4) is 0 Å². The van der Waals surface area contributed by atoms with Gasteiger partial charge in [-0.3, -0.25) is 4.68 Å². The number of pyridine rings is 1. The van der Waals surface area contributed by atoms with Crippen molar-refractivity contribution >= 4 is 16.6 Å². The van der Waals surface area contributed by atoms with E-state index < -0.39 is 0 Å². The number of aromatic nitrogens is 4. The maximum Gasteiger partial charge on any atom is 0.145 e. The Balaban J connectivity index is 2.00. The van der Waals surface area contributed by atoms with Crippen molar-refractivity contribution in [2.24, 2.45) is 7.05 Å². The van der Waals surface area contributed by atoms with Crippen LogP contribution in [0.1, 0.15) is 11.5 Å². The topological polar surface area (TPSA) is 64.9 Å². The number of methoxy groups -OCH3 is 1. The van der Waals surface area contributed by atoms with Gasteiger partial charge in [-0.05, 0) is 19.1 Å². The van der Waals surface area contributed by atoms with Gasteiger partial charge in [0.1, 0.15) is 23.4 Å². The predicted octanol–water partition coefficient (Wildman–Crippen LogP) is 2.29. The Bertz CT molecular complexity index is 781. The van der Waals surface area contributed by atoms with Crippen molar-refractivity contribution in [1.82, 2.24) is 19.7 Å². The van der Waals surface area contributed by atoms with Crippen LogP contribution in [0.2, 0.25) is 0 Å². The summed E-state index contributed by atoms with van der Waals surface area (Å²) in [5, 5.41) is 8.50. The highest BCUT2D eigenvalue weighted by molar-refractivity contribution is 5.95. The number of benzene rings is 1. The van der Waals surface area contributed by atoms with E-state index in [4.69, 9.17) is 4.74 Å². The van der Waals surface area contributed by atoms with Gasteiger partial charge in [-0.25, -0.2) is 9.97 Å². The van der Waals surface area contributed by atoms with Crippen LogP contribution < -0.4 is 10.1 Å². The summed E-state index contributed by atoms with van der Waals surface area (Å²) >= 11 is 0. The Morgan fingerprint density at radius 2 is 2.19 bits per heavy atom. The molecule has 0 aliphatic rings. The largest absolute Gasteiger partial charge is 0.494 e. The smallest absolute Gasteiger partial charge is 0.145 e. The summed E-state index contributed by atoms with van der Waals surface area (Å²) in [7, 11) is 3.54. The normalized spacial score (nSPS) is 10.8. The van der Waals surface area contributed by atoms with E-state index in [1.165, 1.54) is 0 Å². The first-order chi connectivity index (χ1) is 10.2. The molecule has 2 aromatic heterocycles. The van der Waals surface area contributed by atoms with E-state index in [-0.39, 0.29) is 0 Å². The van der Waals surface area contributed by atoms with Gasteiger partial charge in [0, 0.05) is 23.8 Å². The number of hydrogen-bond donors (Lipinski definition) is 1. The van der Waals surface area contributed by atoms with Gasteiger partial charge in [-0.1, -0.05) is 12.1 Å². The minimum Gasteiger partial charge on any atom is -0.494 e. The number of nitrogens with one attached hydrogen (secondary N) is 1. The van der Waals surface area contributed by atoms with Crippen molar-refractivity contribution in [1.29, 1.82) is 0 Å². The molecule has 6 nitrogen and oxygen atoms in total. The lowest BCUT2D eigenvalue weighted by Crippen LogP contribution is -2.07. The van der Waals surface area contributed by atoms with E-state index >= 15 is 0 Å². The number of hydrogen-bond acceptors (Lipinski definition) is 5. The number of para-hydroxylation sites is 1. The fraction of sp³-hybridized carbons (Fsp3) is 0.267. The Morgan fingerprint density at radius 1 is 1.33 bits per heavy atom. The Kier molecular flexibility index (Phi) is 3.43. The van der Waals surface area contributed by atoms with E-state index in [1.54, 1.807) is 18.1 Å².